The maximum absolute atomic E-state index is 10.9. The second-order valence-corrected chi connectivity index (χ2v) is 14.7. The summed E-state index contributed by atoms with van der Waals surface area (Å²) in [5.41, 5.74) is 13.2. The number of fused-ring (bicyclic) bond motifs is 8. The molecule has 9 aromatic rings. The Kier molecular flexibility index (Phi) is 7.99. The van der Waals surface area contributed by atoms with Crippen molar-refractivity contribution in [3.05, 3.63) is 234 Å². The Balaban J connectivity index is 1.11. The van der Waals surface area contributed by atoms with E-state index >= 15 is 0 Å². The molecule has 59 heavy (non-hydrogen) atoms. The highest BCUT2D eigenvalue weighted by Gasteiger charge is 2.51. The van der Waals surface area contributed by atoms with Crippen molar-refractivity contribution in [2.45, 2.75) is 5.41 Å². The molecule has 0 fully saturated rings. The number of hydrogen-bond donors (Lipinski definition) is 0. The van der Waals surface area contributed by atoms with Crippen LogP contribution in [0.3, 0.4) is 0 Å². The van der Waals surface area contributed by atoms with E-state index in [0.717, 1.165) is 56.4 Å². The first-order valence-electron chi connectivity index (χ1n) is 19.7. The third kappa shape index (κ3) is 5.30. The minimum Gasteiger partial charge on any atom is -0.310 e. The molecule has 11 rings (SSSR count). The van der Waals surface area contributed by atoms with Gasteiger partial charge in [0.25, 0.3) is 0 Å². The summed E-state index contributed by atoms with van der Waals surface area (Å²) in [6.07, 6.45) is 0. The zero-order valence-electron chi connectivity index (χ0n) is 31.8. The molecule has 6 heteroatoms. The van der Waals surface area contributed by atoms with Crippen LogP contribution in [0.2, 0.25) is 0 Å². The second kappa shape index (κ2) is 13.8. The van der Waals surface area contributed by atoms with Crippen LogP contribution in [0, 0.1) is 11.3 Å². The largest absolute Gasteiger partial charge is 0.310 e. The summed E-state index contributed by atoms with van der Waals surface area (Å²) in [5, 5.41) is 10.9. The minimum atomic E-state index is -0.646. The molecule has 1 spiro atoms. The lowest BCUT2D eigenvalue weighted by molar-refractivity contribution is 0.719. The van der Waals surface area contributed by atoms with E-state index in [9.17, 15) is 5.26 Å². The highest BCUT2D eigenvalue weighted by Crippen LogP contribution is 2.63. The molecule has 0 atom stereocenters. The molecular weight excluding hydrogens is 721 g/mol. The van der Waals surface area contributed by atoms with Crippen LogP contribution >= 0.6 is 0 Å². The number of aromatic nitrogens is 3. The third-order valence-electron chi connectivity index (χ3n) is 11.5. The minimum absolute atomic E-state index is 0.442. The Morgan fingerprint density at radius 1 is 0.373 bits per heavy atom. The smallest absolute Gasteiger partial charge is 0.165 e. The molecule has 0 aliphatic carbocycles. The van der Waals surface area contributed by atoms with Crippen LogP contribution in [0.25, 0.3) is 34.2 Å². The van der Waals surface area contributed by atoms with Gasteiger partial charge in [0.2, 0.25) is 0 Å². The van der Waals surface area contributed by atoms with Crippen LogP contribution < -0.4 is 9.80 Å². The van der Waals surface area contributed by atoms with E-state index in [-0.39, 0.29) is 0 Å². The topological polar surface area (TPSA) is 68.9 Å². The van der Waals surface area contributed by atoms with Crippen molar-refractivity contribution < 1.29 is 0 Å². The molecule has 0 N–H and O–H groups in total. The number of para-hydroxylation sites is 5. The molecule has 0 saturated heterocycles. The molecule has 3 heterocycles. The summed E-state index contributed by atoms with van der Waals surface area (Å²) in [4.78, 5) is 19.5. The number of anilines is 6. The Labute approximate surface area is 342 Å². The Bertz CT molecular complexity index is 2930. The van der Waals surface area contributed by atoms with Crippen molar-refractivity contribution in [1.82, 2.24) is 15.0 Å². The van der Waals surface area contributed by atoms with Gasteiger partial charge in [-0.05, 0) is 76.9 Å². The molecule has 8 aromatic carbocycles. The first kappa shape index (κ1) is 34.1. The monoisotopic (exact) mass is 754 g/mol. The van der Waals surface area contributed by atoms with Crippen LogP contribution in [0.1, 0.15) is 27.8 Å². The summed E-state index contributed by atoms with van der Waals surface area (Å²) in [7, 11) is 0. The fourth-order valence-electron chi connectivity index (χ4n) is 9.09. The van der Waals surface area contributed by atoms with E-state index < -0.39 is 5.41 Å². The summed E-state index contributed by atoms with van der Waals surface area (Å²) in [5.74, 6) is 1.54. The van der Waals surface area contributed by atoms with Gasteiger partial charge in [-0.3, -0.25) is 0 Å². The predicted molar refractivity (Wildman–Crippen MR) is 236 cm³/mol. The van der Waals surface area contributed by atoms with Crippen LogP contribution in [0.5, 0.6) is 0 Å². The van der Waals surface area contributed by atoms with Gasteiger partial charge in [0.05, 0.1) is 39.8 Å². The lowest BCUT2D eigenvalue weighted by Crippen LogP contribution is -2.41. The Morgan fingerprint density at radius 3 is 1.19 bits per heavy atom. The van der Waals surface area contributed by atoms with Gasteiger partial charge in [0.1, 0.15) is 0 Å². The molecule has 0 amide bonds. The zero-order chi connectivity index (χ0) is 39.3. The van der Waals surface area contributed by atoms with Gasteiger partial charge in [0.15, 0.2) is 17.5 Å². The maximum Gasteiger partial charge on any atom is 0.165 e. The number of nitrogens with zero attached hydrogens (tertiary/aromatic N) is 6. The van der Waals surface area contributed by atoms with Crippen LogP contribution in [-0.2, 0) is 5.41 Å². The van der Waals surface area contributed by atoms with E-state index in [1.165, 1.54) is 11.1 Å². The first-order chi connectivity index (χ1) is 29.2. The number of nitriles is 1. The van der Waals surface area contributed by atoms with Gasteiger partial charge in [-0.2, -0.15) is 5.26 Å². The van der Waals surface area contributed by atoms with Crippen LogP contribution in [-0.4, -0.2) is 15.0 Å². The van der Waals surface area contributed by atoms with E-state index in [1.54, 1.807) is 0 Å². The molecule has 0 unspecified atom stereocenters. The first-order valence-corrected chi connectivity index (χ1v) is 19.7. The normalized spacial score (nSPS) is 13.1. The summed E-state index contributed by atoms with van der Waals surface area (Å²) < 4.78 is 0. The molecule has 0 radical (unpaired) electrons. The van der Waals surface area contributed by atoms with Crippen molar-refractivity contribution in [2.24, 2.45) is 0 Å². The fraction of sp³-hybridized carbons (Fsp3) is 0.0189. The third-order valence-corrected chi connectivity index (χ3v) is 11.5. The molecule has 276 valence electrons. The van der Waals surface area contributed by atoms with Crippen LogP contribution in [0.4, 0.5) is 34.1 Å². The number of hydrogen-bond acceptors (Lipinski definition) is 6. The highest BCUT2D eigenvalue weighted by atomic mass is 15.2. The lowest BCUT2D eigenvalue weighted by Gasteiger charge is -2.51. The van der Waals surface area contributed by atoms with Crippen molar-refractivity contribution in [3.63, 3.8) is 0 Å². The fourth-order valence-corrected chi connectivity index (χ4v) is 9.09. The molecule has 2 aliphatic heterocycles. The van der Waals surface area contributed by atoms with Crippen molar-refractivity contribution >= 4 is 34.1 Å². The summed E-state index contributed by atoms with van der Waals surface area (Å²) in [6, 6.07) is 74.0. The molecule has 2 aliphatic rings. The Morgan fingerprint density at radius 2 is 0.746 bits per heavy atom. The van der Waals surface area contributed by atoms with Gasteiger partial charge < -0.3 is 9.80 Å². The van der Waals surface area contributed by atoms with Gasteiger partial charge in [-0.15, -0.1) is 0 Å². The molecule has 0 bridgehead atoms. The lowest BCUT2D eigenvalue weighted by atomic mass is 9.60. The SMILES string of the molecule is N#Cc1cc(N2c3ccccc3C3(c4ccccc4N(c4ccccc4)c4ccccc43)c3ccccc32)ccc1-c1nc(-c2ccccc2)nc(-c2ccccc2)n1. The number of benzene rings is 8. The number of rotatable bonds is 5. The molecular formula is C53H34N6. The maximum atomic E-state index is 10.9. The van der Waals surface area contributed by atoms with Gasteiger partial charge in [-0.25, -0.2) is 15.0 Å². The van der Waals surface area contributed by atoms with Crippen LogP contribution in [0.15, 0.2) is 206 Å². The highest BCUT2D eigenvalue weighted by molar-refractivity contribution is 5.96. The van der Waals surface area contributed by atoms with E-state index in [1.807, 2.05) is 72.8 Å². The van der Waals surface area contributed by atoms with Crippen molar-refractivity contribution in [3.8, 4) is 40.2 Å². The molecule has 0 saturated carbocycles. The average Bonchev–Trinajstić information content (AvgIpc) is 3.32. The quantitative estimate of drug-likeness (QED) is 0.174. The van der Waals surface area contributed by atoms with Gasteiger partial charge >= 0.3 is 0 Å². The molecule has 1 aromatic heterocycles. The predicted octanol–water partition coefficient (Wildman–Crippen LogP) is 12.7. The van der Waals surface area contributed by atoms with E-state index in [2.05, 4.69) is 149 Å². The average molecular weight is 755 g/mol. The Hall–Kier alpha value is -8.14. The van der Waals surface area contributed by atoms with Crippen molar-refractivity contribution in [2.75, 3.05) is 9.80 Å². The standard InChI is InChI=1S/C53H34N6/c54-35-38-34-40(32-33-41(38)52-56-50(36-18-4-1-5-19-36)55-51(57-52)37-20-6-2-7-21-37)59-48-30-16-12-26-44(48)53(45-27-13-17-31-49(45)59)42-24-10-14-28-46(42)58(39-22-8-3-9-23-39)47-29-15-11-25-43(47)53/h1-34H. The summed E-state index contributed by atoms with van der Waals surface area (Å²) >= 11 is 0. The summed E-state index contributed by atoms with van der Waals surface area (Å²) in [6.45, 7) is 0. The zero-order valence-corrected chi connectivity index (χ0v) is 31.8. The van der Waals surface area contributed by atoms with Gasteiger partial charge in [-0.1, -0.05) is 152 Å². The van der Waals surface area contributed by atoms with Crippen molar-refractivity contribution in [1.29, 1.82) is 5.26 Å². The van der Waals surface area contributed by atoms with E-state index in [0.29, 0.717) is 28.6 Å². The molecule has 6 nitrogen and oxygen atoms in total. The van der Waals surface area contributed by atoms with Gasteiger partial charge in [0, 0.05) is 28.1 Å². The second-order valence-electron chi connectivity index (χ2n) is 14.7. The van der Waals surface area contributed by atoms with E-state index in [4.69, 9.17) is 15.0 Å².